The number of aliphatic hydroxyl groups excluding tert-OH is 1. The van der Waals surface area contributed by atoms with Gasteiger partial charge >= 0.3 is 0 Å². The molecule has 156 valence electrons. The summed E-state index contributed by atoms with van der Waals surface area (Å²) in [5, 5.41) is 16.3. The van der Waals surface area contributed by atoms with Crippen molar-refractivity contribution >= 4 is 29.9 Å². The zero-order chi connectivity index (χ0) is 19.0. The standard InChI is InChI=1S/C19H33N3O4.HI/c1-4-26-13-5-11-20-19(21-12-10-17(23)15-24-2)22-14-16-6-8-18(25-3)9-7-16;/h6-9,17,23H,4-5,10-15H2,1-3H3,(H2,20,21,22);1H. The van der Waals surface area contributed by atoms with E-state index in [9.17, 15) is 5.11 Å². The highest BCUT2D eigenvalue weighted by atomic mass is 127. The minimum atomic E-state index is -0.478. The minimum absolute atomic E-state index is 0. The first kappa shape index (κ1) is 25.9. The van der Waals surface area contributed by atoms with Crippen LogP contribution >= 0.6 is 24.0 Å². The Morgan fingerprint density at radius 1 is 1.15 bits per heavy atom. The van der Waals surface area contributed by atoms with Gasteiger partial charge in [0.1, 0.15) is 5.75 Å². The predicted molar refractivity (Wildman–Crippen MR) is 119 cm³/mol. The normalized spacial score (nSPS) is 12.2. The molecule has 1 atom stereocenters. The Balaban J connectivity index is 0.00000676. The van der Waals surface area contributed by atoms with E-state index in [4.69, 9.17) is 14.2 Å². The van der Waals surface area contributed by atoms with Gasteiger partial charge in [-0.05, 0) is 37.5 Å². The van der Waals surface area contributed by atoms with Crippen LogP contribution in [0.15, 0.2) is 29.3 Å². The molecular formula is C19H34IN3O4. The number of methoxy groups -OCH3 is 2. The smallest absolute Gasteiger partial charge is 0.191 e. The lowest BCUT2D eigenvalue weighted by atomic mass is 10.2. The molecule has 1 aromatic carbocycles. The first-order valence-corrected chi connectivity index (χ1v) is 9.09. The third-order valence-electron chi connectivity index (χ3n) is 3.67. The third kappa shape index (κ3) is 12.8. The van der Waals surface area contributed by atoms with Gasteiger partial charge in [-0.15, -0.1) is 24.0 Å². The summed E-state index contributed by atoms with van der Waals surface area (Å²) in [6.07, 6.45) is 1.02. The van der Waals surface area contributed by atoms with E-state index in [1.54, 1.807) is 14.2 Å². The largest absolute Gasteiger partial charge is 0.497 e. The van der Waals surface area contributed by atoms with Gasteiger partial charge in [-0.2, -0.15) is 0 Å². The molecule has 1 rings (SSSR count). The van der Waals surface area contributed by atoms with Crippen LogP contribution < -0.4 is 15.4 Å². The topological polar surface area (TPSA) is 84.3 Å². The van der Waals surface area contributed by atoms with Crippen molar-refractivity contribution in [3.63, 3.8) is 0 Å². The summed E-state index contributed by atoms with van der Waals surface area (Å²) in [6, 6.07) is 7.85. The Hall–Kier alpha value is -1.10. The number of rotatable bonds is 13. The fraction of sp³-hybridized carbons (Fsp3) is 0.632. The second-order valence-electron chi connectivity index (χ2n) is 5.81. The van der Waals surface area contributed by atoms with E-state index in [0.29, 0.717) is 26.1 Å². The van der Waals surface area contributed by atoms with Crippen LogP contribution in [0.3, 0.4) is 0 Å². The van der Waals surface area contributed by atoms with Crippen LogP contribution in [0.2, 0.25) is 0 Å². The van der Waals surface area contributed by atoms with Gasteiger partial charge in [0, 0.05) is 33.4 Å². The van der Waals surface area contributed by atoms with Crippen LogP contribution in [0, 0.1) is 0 Å². The molecule has 1 aromatic rings. The molecule has 0 aliphatic rings. The number of nitrogens with zero attached hydrogens (tertiary/aromatic N) is 1. The molecule has 0 aromatic heterocycles. The Labute approximate surface area is 179 Å². The summed E-state index contributed by atoms with van der Waals surface area (Å²) in [6.45, 7) is 5.73. The minimum Gasteiger partial charge on any atom is -0.497 e. The lowest BCUT2D eigenvalue weighted by molar-refractivity contribution is 0.0601. The van der Waals surface area contributed by atoms with Crippen LogP contribution in [0.4, 0.5) is 0 Å². The van der Waals surface area contributed by atoms with Gasteiger partial charge in [0.15, 0.2) is 5.96 Å². The Morgan fingerprint density at radius 3 is 2.48 bits per heavy atom. The van der Waals surface area contributed by atoms with Crippen molar-refractivity contribution in [3.8, 4) is 5.75 Å². The van der Waals surface area contributed by atoms with E-state index in [0.717, 1.165) is 43.5 Å². The SMILES string of the molecule is CCOCCCNC(=NCc1ccc(OC)cc1)NCCC(O)COC.I. The number of halogens is 1. The maximum Gasteiger partial charge on any atom is 0.191 e. The number of hydrogen-bond donors (Lipinski definition) is 3. The second kappa shape index (κ2) is 17.0. The van der Waals surface area contributed by atoms with Crippen LogP contribution in [0.25, 0.3) is 0 Å². The molecule has 0 fully saturated rings. The molecular weight excluding hydrogens is 461 g/mol. The number of aliphatic hydroxyl groups is 1. The van der Waals surface area contributed by atoms with E-state index < -0.39 is 6.10 Å². The lowest BCUT2D eigenvalue weighted by Gasteiger charge is -2.14. The van der Waals surface area contributed by atoms with Gasteiger partial charge < -0.3 is 30.0 Å². The summed E-state index contributed by atoms with van der Waals surface area (Å²) in [7, 11) is 3.23. The van der Waals surface area contributed by atoms with Gasteiger partial charge in [-0.1, -0.05) is 12.1 Å². The van der Waals surface area contributed by atoms with E-state index in [-0.39, 0.29) is 24.0 Å². The van der Waals surface area contributed by atoms with E-state index in [1.165, 1.54) is 0 Å². The highest BCUT2D eigenvalue weighted by Crippen LogP contribution is 2.11. The average molecular weight is 495 g/mol. The molecule has 8 heteroatoms. The molecule has 0 saturated heterocycles. The first-order valence-electron chi connectivity index (χ1n) is 9.09. The highest BCUT2D eigenvalue weighted by molar-refractivity contribution is 14.0. The molecule has 0 spiro atoms. The van der Waals surface area contributed by atoms with Crippen molar-refractivity contribution in [2.24, 2.45) is 4.99 Å². The van der Waals surface area contributed by atoms with Crippen LogP contribution in [-0.4, -0.2) is 64.3 Å². The average Bonchev–Trinajstić information content (AvgIpc) is 2.66. The van der Waals surface area contributed by atoms with Crippen molar-refractivity contribution in [2.45, 2.75) is 32.4 Å². The monoisotopic (exact) mass is 495 g/mol. The van der Waals surface area contributed by atoms with Gasteiger partial charge in [0.2, 0.25) is 0 Å². The van der Waals surface area contributed by atoms with Crippen LogP contribution in [0.1, 0.15) is 25.3 Å². The summed E-state index contributed by atoms with van der Waals surface area (Å²) in [4.78, 5) is 4.61. The van der Waals surface area contributed by atoms with Crippen LogP contribution in [-0.2, 0) is 16.0 Å². The quantitative estimate of drug-likeness (QED) is 0.168. The number of benzene rings is 1. The zero-order valence-electron chi connectivity index (χ0n) is 16.6. The molecule has 0 radical (unpaired) electrons. The van der Waals surface area contributed by atoms with E-state index >= 15 is 0 Å². The molecule has 3 N–H and O–H groups in total. The van der Waals surface area contributed by atoms with E-state index in [1.807, 2.05) is 31.2 Å². The van der Waals surface area contributed by atoms with E-state index in [2.05, 4.69) is 15.6 Å². The van der Waals surface area contributed by atoms with Gasteiger partial charge in [0.25, 0.3) is 0 Å². The predicted octanol–water partition coefficient (Wildman–Crippen LogP) is 2.17. The molecule has 0 heterocycles. The Morgan fingerprint density at radius 2 is 1.85 bits per heavy atom. The number of aliphatic imine (C=N–C) groups is 1. The molecule has 0 aliphatic carbocycles. The molecule has 0 bridgehead atoms. The van der Waals surface area contributed by atoms with Crippen molar-refractivity contribution < 1.29 is 19.3 Å². The molecule has 0 aliphatic heterocycles. The molecule has 1 unspecified atom stereocenters. The second-order valence-corrected chi connectivity index (χ2v) is 5.81. The fourth-order valence-electron chi connectivity index (χ4n) is 2.23. The number of guanidine groups is 1. The van der Waals surface area contributed by atoms with Crippen molar-refractivity contribution in [3.05, 3.63) is 29.8 Å². The lowest BCUT2D eigenvalue weighted by Crippen LogP contribution is -2.39. The Bertz CT molecular complexity index is 500. The summed E-state index contributed by atoms with van der Waals surface area (Å²) >= 11 is 0. The Kier molecular flexibility index (Phi) is 16.3. The fourth-order valence-corrected chi connectivity index (χ4v) is 2.23. The maximum absolute atomic E-state index is 9.74. The molecule has 27 heavy (non-hydrogen) atoms. The van der Waals surface area contributed by atoms with Crippen molar-refractivity contribution in [1.82, 2.24) is 10.6 Å². The number of nitrogens with one attached hydrogen (secondary N) is 2. The summed E-state index contributed by atoms with van der Waals surface area (Å²) < 4.78 is 15.5. The van der Waals surface area contributed by atoms with Gasteiger partial charge in [-0.25, -0.2) is 4.99 Å². The molecule has 0 amide bonds. The third-order valence-corrected chi connectivity index (χ3v) is 3.67. The van der Waals surface area contributed by atoms with Gasteiger partial charge in [-0.3, -0.25) is 0 Å². The van der Waals surface area contributed by atoms with Crippen molar-refractivity contribution in [2.75, 3.05) is 47.1 Å². The first-order chi connectivity index (χ1) is 12.7. The van der Waals surface area contributed by atoms with Crippen molar-refractivity contribution in [1.29, 1.82) is 0 Å². The summed E-state index contributed by atoms with van der Waals surface area (Å²) in [5.41, 5.74) is 1.10. The number of ether oxygens (including phenoxy) is 3. The summed E-state index contributed by atoms with van der Waals surface area (Å²) in [5.74, 6) is 1.55. The molecule has 0 saturated carbocycles. The van der Waals surface area contributed by atoms with Crippen LogP contribution in [0.5, 0.6) is 5.75 Å². The van der Waals surface area contributed by atoms with Gasteiger partial charge in [0.05, 0.1) is 26.4 Å². The maximum atomic E-state index is 9.74. The molecule has 7 nitrogen and oxygen atoms in total. The number of hydrogen-bond acceptors (Lipinski definition) is 5. The zero-order valence-corrected chi connectivity index (χ0v) is 18.9. The highest BCUT2D eigenvalue weighted by Gasteiger charge is 2.04.